The average Bonchev–Trinajstić information content (AvgIpc) is 2.74. The van der Waals surface area contributed by atoms with Gasteiger partial charge in [0, 0.05) is 13.0 Å². The molecule has 3 rings (SSSR count). The first-order valence-electron chi connectivity index (χ1n) is 7.48. The van der Waals surface area contributed by atoms with E-state index in [0.717, 1.165) is 17.1 Å². The summed E-state index contributed by atoms with van der Waals surface area (Å²) in [7, 11) is 5.22. The van der Waals surface area contributed by atoms with E-state index in [1.54, 1.807) is 14.2 Å². The zero-order chi connectivity index (χ0) is 15.7. The first kappa shape index (κ1) is 15.6. The molecule has 6 nitrogen and oxygen atoms in total. The number of benzene rings is 1. The van der Waals surface area contributed by atoms with Crippen molar-refractivity contribution in [3.63, 3.8) is 0 Å². The van der Waals surface area contributed by atoms with Crippen molar-refractivity contribution in [3.05, 3.63) is 23.8 Å². The molecule has 2 aliphatic heterocycles. The first-order valence-corrected chi connectivity index (χ1v) is 7.48. The summed E-state index contributed by atoms with van der Waals surface area (Å²) in [5, 5.41) is 1.89. The Balaban J connectivity index is 1.89. The van der Waals surface area contributed by atoms with Gasteiger partial charge in [0.05, 0.1) is 33.5 Å². The predicted molar refractivity (Wildman–Crippen MR) is 79.8 cm³/mol. The van der Waals surface area contributed by atoms with Gasteiger partial charge in [-0.15, -0.1) is 0 Å². The summed E-state index contributed by atoms with van der Waals surface area (Å²) in [5.41, 5.74) is 1.12. The van der Waals surface area contributed by atoms with E-state index in [4.69, 9.17) is 23.8 Å². The molecular weight excluding hydrogens is 286 g/mol. The van der Waals surface area contributed by atoms with Crippen LogP contribution in [0.15, 0.2) is 18.2 Å². The SMILES string of the molecule is COc1ccc([C@@H]2[C@@H]3CO[C@H](C)OC[C@@H]3ON2C)cc1OC. The van der Waals surface area contributed by atoms with Crippen molar-refractivity contribution in [1.82, 2.24) is 5.06 Å². The third-order valence-corrected chi connectivity index (χ3v) is 4.34. The number of fused-ring (bicyclic) bond motifs is 1. The number of rotatable bonds is 3. The summed E-state index contributed by atoms with van der Waals surface area (Å²) >= 11 is 0. The van der Waals surface area contributed by atoms with Gasteiger partial charge < -0.3 is 18.9 Å². The fraction of sp³-hybridized carbons (Fsp3) is 0.625. The van der Waals surface area contributed by atoms with Crippen LogP contribution in [0.4, 0.5) is 0 Å². The standard InChI is InChI=1S/C16H23NO5/c1-10-20-8-12-15(9-21-10)22-17(2)16(12)11-5-6-13(18-3)14(7-11)19-4/h5-7,10,12,15-16H,8-9H2,1-4H3/t10-,12+,15-,16+/m0/s1. The maximum atomic E-state index is 5.95. The van der Waals surface area contributed by atoms with Gasteiger partial charge in [-0.2, -0.15) is 5.06 Å². The quantitative estimate of drug-likeness (QED) is 0.851. The van der Waals surface area contributed by atoms with E-state index < -0.39 is 0 Å². The number of hydrogen-bond acceptors (Lipinski definition) is 6. The Morgan fingerprint density at radius 1 is 1.09 bits per heavy atom. The van der Waals surface area contributed by atoms with Crippen LogP contribution in [0, 0.1) is 5.92 Å². The molecule has 0 amide bonds. The maximum absolute atomic E-state index is 5.95. The monoisotopic (exact) mass is 309 g/mol. The van der Waals surface area contributed by atoms with E-state index in [1.807, 2.05) is 37.2 Å². The van der Waals surface area contributed by atoms with Crippen LogP contribution in [-0.4, -0.2) is 51.9 Å². The van der Waals surface area contributed by atoms with Gasteiger partial charge in [-0.3, -0.25) is 4.84 Å². The van der Waals surface area contributed by atoms with Crippen LogP contribution < -0.4 is 9.47 Å². The van der Waals surface area contributed by atoms with E-state index in [1.165, 1.54) is 0 Å². The van der Waals surface area contributed by atoms with Crippen LogP contribution in [0.25, 0.3) is 0 Å². The molecule has 0 bridgehead atoms. The van der Waals surface area contributed by atoms with Crippen LogP contribution in [0.5, 0.6) is 11.5 Å². The molecule has 1 aromatic rings. The third kappa shape index (κ3) is 2.79. The number of hydroxylamine groups is 2. The van der Waals surface area contributed by atoms with E-state index >= 15 is 0 Å². The topological polar surface area (TPSA) is 49.4 Å². The molecule has 1 aromatic carbocycles. The van der Waals surface area contributed by atoms with Gasteiger partial charge in [0.2, 0.25) is 0 Å². The van der Waals surface area contributed by atoms with Crippen LogP contribution in [0.1, 0.15) is 18.5 Å². The van der Waals surface area contributed by atoms with Gasteiger partial charge in [0.1, 0.15) is 6.10 Å². The highest BCUT2D eigenvalue weighted by Crippen LogP contribution is 2.42. The minimum absolute atomic E-state index is 0.00745. The normalized spacial score (nSPS) is 32.4. The molecule has 2 aliphatic rings. The lowest BCUT2D eigenvalue weighted by molar-refractivity contribution is -0.180. The molecule has 0 aromatic heterocycles. The average molecular weight is 309 g/mol. The van der Waals surface area contributed by atoms with E-state index in [9.17, 15) is 0 Å². The number of methoxy groups -OCH3 is 2. The van der Waals surface area contributed by atoms with Gasteiger partial charge in [-0.1, -0.05) is 6.07 Å². The molecule has 2 heterocycles. The summed E-state index contributed by atoms with van der Waals surface area (Å²) in [4.78, 5) is 5.95. The van der Waals surface area contributed by atoms with Crippen molar-refractivity contribution in [2.24, 2.45) is 5.92 Å². The highest BCUT2D eigenvalue weighted by molar-refractivity contribution is 5.44. The Labute approximate surface area is 130 Å². The summed E-state index contributed by atoms with van der Waals surface area (Å²) in [6.07, 6.45) is -0.182. The van der Waals surface area contributed by atoms with E-state index in [0.29, 0.717) is 13.2 Å². The molecule has 0 radical (unpaired) electrons. The Morgan fingerprint density at radius 3 is 2.55 bits per heavy atom. The van der Waals surface area contributed by atoms with Crippen molar-refractivity contribution in [2.45, 2.75) is 25.4 Å². The van der Waals surface area contributed by atoms with Crippen LogP contribution in [-0.2, 0) is 14.3 Å². The Hall–Kier alpha value is -1.34. The summed E-state index contributed by atoms with van der Waals surface area (Å²) < 4.78 is 22.1. The molecule has 4 atom stereocenters. The molecule has 2 saturated heterocycles. The molecule has 0 spiro atoms. The smallest absolute Gasteiger partial charge is 0.161 e. The molecular formula is C16H23NO5. The highest BCUT2D eigenvalue weighted by Gasteiger charge is 2.44. The lowest BCUT2D eigenvalue weighted by Gasteiger charge is -2.24. The van der Waals surface area contributed by atoms with Gasteiger partial charge in [-0.25, -0.2) is 0 Å². The van der Waals surface area contributed by atoms with Crippen molar-refractivity contribution in [2.75, 3.05) is 34.5 Å². The fourth-order valence-electron chi connectivity index (χ4n) is 3.20. The lowest BCUT2D eigenvalue weighted by Crippen LogP contribution is -2.26. The van der Waals surface area contributed by atoms with Crippen molar-refractivity contribution in [3.8, 4) is 11.5 Å². The second-order valence-corrected chi connectivity index (χ2v) is 5.65. The molecule has 0 unspecified atom stereocenters. The van der Waals surface area contributed by atoms with Crippen molar-refractivity contribution in [1.29, 1.82) is 0 Å². The number of hydrogen-bond donors (Lipinski definition) is 0. The molecule has 0 saturated carbocycles. The molecule has 2 fully saturated rings. The lowest BCUT2D eigenvalue weighted by atomic mass is 9.90. The Morgan fingerprint density at radius 2 is 1.82 bits per heavy atom. The zero-order valence-electron chi connectivity index (χ0n) is 13.4. The zero-order valence-corrected chi connectivity index (χ0v) is 13.4. The Kier molecular flexibility index (Phi) is 4.54. The molecule has 6 heteroatoms. The van der Waals surface area contributed by atoms with Gasteiger partial charge in [0.25, 0.3) is 0 Å². The van der Waals surface area contributed by atoms with Gasteiger partial charge in [-0.05, 0) is 24.6 Å². The first-order chi connectivity index (χ1) is 10.6. The second-order valence-electron chi connectivity index (χ2n) is 5.65. The molecule has 0 N–H and O–H groups in total. The molecule has 0 aliphatic carbocycles. The summed E-state index contributed by atoms with van der Waals surface area (Å²) in [6.45, 7) is 3.06. The maximum Gasteiger partial charge on any atom is 0.161 e. The minimum atomic E-state index is -0.189. The van der Waals surface area contributed by atoms with Crippen molar-refractivity contribution < 1.29 is 23.8 Å². The highest BCUT2D eigenvalue weighted by atomic mass is 16.7. The van der Waals surface area contributed by atoms with Crippen molar-refractivity contribution >= 4 is 0 Å². The predicted octanol–water partition coefficient (Wildman–Crippen LogP) is 2.00. The minimum Gasteiger partial charge on any atom is -0.493 e. The van der Waals surface area contributed by atoms with Gasteiger partial charge >= 0.3 is 0 Å². The van der Waals surface area contributed by atoms with E-state index in [-0.39, 0.29) is 24.4 Å². The number of nitrogens with zero attached hydrogens (tertiary/aromatic N) is 1. The van der Waals surface area contributed by atoms with Crippen LogP contribution >= 0.6 is 0 Å². The summed E-state index contributed by atoms with van der Waals surface area (Å²) in [6, 6.07) is 6.06. The summed E-state index contributed by atoms with van der Waals surface area (Å²) in [5.74, 6) is 1.66. The number of ether oxygens (including phenoxy) is 4. The molecule has 22 heavy (non-hydrogen) atoms. The fourth-order valence-corrected chi connectivity index (χ4v) is 3.20. The Bertz CT molecular complexity index is 523. The largest absolute Gasteiger partial charge is 0.493 e. The van der Waals surface area contributed by atoms with Crippen LogP contribution in [0.2, 0.25) is 0 Å². The third-order valence-electron chi connectivity index (χ3n) is 4.34. The van der Waals surface area contributed by atoms with E-state index in [2.05, 4.69) is 0 Å². The van der Waals surface area contributed by atoms with Crippen LogP contribution in [0.3, 0.4) is 0 Å². The van der Waals surface area contributed by atoms with Gasteiger partial charge in [0.15, 0.2) is 17.8 Å². The second kappa shape index (κ2) is 6.42. The molecule has 122 valence electrons.